The van der Waals surface area contributed by atoms with Crippen molar-refractivity contribution in [1.29, 1.82) is 0 Å². The van der Waals surface area contributed by atoms with Crippen LogP contribution in [-0.2, 0) is 9.59 Å². The maximum Gasteiger partial charge on any atom is 0.231 e. The number of rotatable bonds is 2. The minimum atomic E-state index is -0.550. The van der Waals surface area contributed by atoms with Gasteiger partial charge in [-0.25, -0.2) is 4.39 Å². The van der Waals surface area contributed by atoms with E-state index in [4.69, 9.17) is 0 Å². The van der Waals surface area contributed by atoms with Crippen LogP contribution in [0.1, 0.15) is 29.9 Å². The summed E-state index contributed by atoms with van der Waals surface area (Å²) in [7, 11) is 0. The summed E-state index contributed by atoms with van der Waals surface area (Å²) in [6.45, 7) is 1.14. The van der Waals surface area contributed by atoms with E-state index < -0.39 is 11.7 Å². The maximum atomic E-state index is 13.5. The van der Waals surface area contributed by atoms with E-state index in [9.17, 15) is 14.0 Å². The lowest BCUT2D eigenvalue weighted by molar-refractivity contribution is -0.134. The van der Waals surface area contributed by atoms with Crippen molar-refractivity contribution in [2.45, 2.75) is 18.8 Å². The van der Waals surface area contributed by atoms with Gasteiger partial charge in [0, 0.05) is 25.2 Å². The van der Waals surface area contributed by atoms with Crippen molar-refractivity contribution in [2.24, 2.45) is 0 Å². The molecule has 1 atom stereocenters. The van der Waals surface area contributed by atoms with Gasteiger partial charge in [-0.15, -0.1) is 0 Å². The molecule has 0 aliphatic carbocycles. The Morgan fingerprint density at radius 1 is 1.15 bits per heavy atom. The van der Waals surface area contributed by atoms with Crippen LogP contribution in [0.2, 0.25) is 0 Å². The Hall–Kier alpha value is -2.95. The highest BCUT2D eigenvalue weighted by molar-refractivity contribution is 6.01. The first-order chi connectivity index (χ1) is 12.6. The summed E-state index contributed by atoms with van der Waals surface area (Å²) < 4.78 is 13.5. The van der Waals surface area contributed by atoms with Crippen LogP contribution in [0.4, 0.5) is 10.1 Å². The molecule has 0 aromatic heterocycles. The fourth-order valence-electron chi connectivity index (χ4n) is 3.66. The molecule has 5 heteroatoms. The van der Waals surface area contributed by atoms with E-state index in [-0.39, 0.29) is 18.2 Å². The van der Waals surface area contributed by atoms with E-state index >= 15 is 0 Å². The molecule has 0 saturated heterocycles. The van der Waals surface area contributed by atoms with Gasteiger partial charge in [0.25, 0.3) is 0 Å². The largest absolute Gasteiger partial charge is 0.338 e. The number of carbonyl (C=O) groups is 2. The maximum absolute atomic E-state index is 13.5. The highest BCUT2D eigenvalue weighted by atomic mass is 19.1. The predicted octanol–water partition coefficient (Wildman–Crippen LogP) is 3.57. The molecule has 2 aliphatic heterocycles. The number of hydrogen-bond donors (Lipinski definition) is 1. The Morgan fingerprint density at radius 3 is 2.69 bits per heavy atom. The van der Waals surface area contributed by atoms with E-state index in [2.05, 4.69) is 23.5 Å². The van der Waals surface area contributed by atoms with E-state index in [1.807, 2.05) is 18.2 Å². The monoisotopic (exact) mass is 350 g/mol. The molecule has 132 valence electrons. The zero-order valence-corrected chi connectivity index (χ0v) is 14.2. The molecule has 26 heavy (non-hydrogen) atoms. The van der Waals surface area contributed by atoms with Gasteiger partial charge in [-0.2, -0.15) is 0 Å². The van der Waals surface area contributed by atoms with Crippen LogP contribution in [0.15, 0.2) is 54.6 Å². The van der Waals surface area contributed by atoms with Crippen LogP contribution in [0, 0.1) is 5.82 Å². The zero-order chi connectivity index (χ0) is 18.1. The van der Waals surface area contributed by atoms with Crippen molar-refractivity contribution in [2.75, 3.05) is 18.4 Å². The van der Waals surface area contributed by atoms with Crippen molar-refractivity contribution in [1.82, 2.24) is 4.90 Å². The van der Waals surface area contributed by atoms with Crippen molar-refractivity contribution in [3.05, 3.63) is 71.6 Å². The van der Waals surface area contributed by atoms with Crippen molar-refractivity contribution in [3.8, 4) is 0 Å². The molecule has 2 heterocycles. The normalized spacial score (nSPS) is 19.4. The van der Waals surface area contributed by atoms with Gasteiger partial charge in [-0.3, -0.25) is 9.59 Å². The van der Waals surface area contributed by atoms with Gasteiger partial charge in [-0.1, -0.05) is 42.5 Å². The zero-order valence-electron chi connectivity index (χ0n) is 14.2. The lowest BCUT2D eigenvalue weighted by Gasteiger charge is -2.32. The number of anilines is 1. The average molecular weight is 350 g/mol. The molecule has 0 fully saturated rings. The first kappa shape index (κ1) is 16.5. The summed E-state index contributed by atoms with van der Waals surface area (Å²) in [5.41, 5.74) is 3.50. The second-order valence-corrected chi connectivity index (χ2v) is 6.67. The summed E-state index contributed by atoms with van der Waals surface area (Å²) in [6.07, 6.45) is 2.96. The molecule has 4 nitrogen and oxygen atoms in total. The number of nitrogens with zero attached hydrogens (tertiary/aromatic N) is 1. The molecule has 0 bridgehead atoms. The van der Waals surface area contributed by atoms with Gasteiger partial charge in [0.15, 0.2) is 0 Å². The Kier molecular flexibility index (Phi) is 4.29. The SMILES string of the molecule is O=C1CC(C(=O)N2CC=C(c3ccccc3)CC2)c2ccc(F)cc2N1. The summed E-state index contributed by atoms with van der Waals surface area (Å²) in [4.78, 5) is 26.7. The van der Waals surface area contributed by atoms with E-state index in [0.717, 1.165) is 6.42 Å². The molecule has 2 aliphatic rings. The molecule has 1 N–H and O–H groups in total. The lowest BCUT2D eigenvalue weighted by atomic mass is 9.88. The second kappa shape index (κ2) is 6.75. The van der Waals surface area contributed by atoms with Crippen LogP contribution in [-0.4, -0.2) is 29.8 Å². The molecule has 0 spiro atoms. The molecular formula is C21H19FN2O2. The first-order valence-electron chi connectivity index (χ1n) is 8.74. The van der Waals surface area contributed by atoms with Gasteiger partial charge in [0.05, 0.1) is 5.92 Å². The Balaban J connectivity index is 1.54. The molecular weight excluding hydrogens is 331 g/mol. The lowest BCUT2D eigenvalue weighted by Crippen LogP contribution is -2.40. The summed E-state index contributed by atoms with van der Waals surface area (Å²) in [5.74, 6) is -1.30. The Morgan fingerprint density at radius 2 is 1.96 bits per heavy atom. The number of carbonyl (C=O) groups excluding carboxylic acids is 2. The summed E-state index contributed by atoms with van der Waals surface area (Å²) >= 11 is 0. The fraction of sp³-hybridized carbons (Fsp3) is 0.238. The number of nitrogens with one attached hydrogen (secondary N) is 1. The van der Waals surface area contributed by atoms with Crippen LogP contribution >= 0.6 is 0 Å². The van der Waals surface area contributed by atoms with Crippen LogP contribution in [0.5, 0.6) is 0 Å². The molecule has 2 aromatic rings. The highest BCUT2D eigenvalue weighted by Crippen LogP contribution is 2.35. The van der Waals surface area contributed by atoms with E-state index in [0.29, 0.717) is 24.3 Å². The number of benzene rings is 2. The molecule has 2 amide bonds. The molecule has 0 saturated carbocycles. The average Bonchev–Trinajstić information content (AvgIpc) is 2.67. The smallest absolute Gasteiger partial charge is 0.231 e. The van der Waals surface area contributed by atoms with E-state index in [1.165, 1.54) is 23.3 Å². The molecule has 0 radical (unpaired) electrons. The number of fused-ring (bicyclic) bond motifs is 1. The predicted molar refractivity (Wildman–Crippen MR) is 98.0 cm³/mol. The van der Waals surface area contributed by atoms with Crippen LogP contribution < -0.4 is 5.32 Å². The van der Waals surface area contributed by atoms with Crippen molar-refractivity contribution in [3.63, 3.8) is 0 Å². The van der Waals surface area contributed by atoms with Gasteiger partial charge < -0.3 is 10.2 Å². The van der Waals surface area contributed by atoms with Gasteiger partial charge in [0.2, 0.25) is 11.8 Å². The molecule has 1 unspecified atom stereocenters. The minimum Gasteiger partial charge on any atom is -0.338 e. The first-order valence-corrected chi connectivity index (χ1v) is 8.74. The van der Waals surface area contributed by atoms with Crippen molar-refractivity contribution >= 4 is 23.1 Å². The quantitative estimate of drug-likeness (QED) is 0.900. The third kappa shape index (κ3) is 3.12. The van der Waals surface area contributed by atoms with Crippen molar-refractivity contribution < 1.29 is 14.0 Å². The van der Waals surface area contributed by atoms with Crippen LogP contribution in [0.3, 0.4) is 0 Å². The minimum absolute atomic E-state index is 0.0731. The van der Waals surface area contributed by atoms with E-state index in [1.54, 1.807) is 11.0 Å². The Labute approximate surface area is 151 Å². The number of hydrogen-bond acceptors (Lipinski definition) is 2. The summed E-state index contributed by atoms with van der Waals surface area (Å²) in [6, 6.07) is 14.3. The third-order valence-electron chi connectivity index (χ3n) is 5.02. The summed E-state index contributed by atoms with van der Waals surface area (Å²) in [5, 5.41) is 2.66. The highest BCUT2D eigenvalue weighted by Gasteiger charge is 2.34. The van der Waals surface area contributed by atoms with Gasteiger partial charge >= 0.3 is 0 Å². The third-order valence-corrected chi connectivity index (χ3v) is 5.02. The van der Waals surface area contributed by atoms with Gasteiger partial charge in [0.1, 0.15) is 5.82 Å². The second-order valence-electron chi connectivity index (χ2n) is 6.67. The van der Waals surface area contributed by atoms with Gasteiger partial charge in [-0.05, 0) is 35.3 Å². The molecule has 2 aromatic carbocycles. The fourth-order valence-corrected chi connectivity index (χ4v) is 3.66. The molecule has 4 rings (SSSR count). The number of amides is 2. The standard InChI is InChI=1S/C21H19FN2O2/c22-16-6-7-17-18(13-20(25)23-19(17)12-16)21(26)24-10-8-15(9-11-24)14-4-2-1-3-5-14/h1-8,12,18H,9-11,13H2,(H,23,25). The Bertz CT molecular complexity index is 892. The topological polar surface area (TPSA) is 49.4 Å². The number of halogens is 1. The van der Waals surface area contributed by atoms with Crippen LogP contribution in [0.25, 0.3) is 5.57 Å².